The maximum atomic E-state index is 2.33. The van der Waals surface area contributed by atoms with Gasteiger partial charge in [-0.05, 0) is 78.6 Å². The number of benzene rings is 2. The predicted molar refractivity (Wildman–Crippen MR) is 115 cm³/mol. The molecule has 0 atom stereocenters. The Morgan fingerprint density at radius 2 is 1.57 bits per heavy atom. The number of fused-ring (bicyclic) bond motifs is 2. The molecule has 0 amide bonds. The van der Waals surface area contributed by atoms with Crippen LogP contribution in [0.3, 0.4) is 0 Å². The molecule has 5 aromatic rings. The number of pyridine rings is 1. The van der Waals surface area contributed by atoms with E-state index in [-0.39, 0.29) is 0 Å². The summed E-state index contributed by atoms with van der Waals surface area (Å²) in [5.74, 6) is 1.20. The molecule has 5 rings (SSSR count). The summed E-state index contributed by atoms with van der Waals surface area (Å²) in [5, 5.41) is 2.53. The molecule has 3 nitrogen and oxygen atoms in total. The Bertz CT molecular complexity index is 1330. The quantitative estimate of drug-likeness (QED) is 0.376. The third-order valence-electron chi connectivity index (χ3n) is 5.75. The van der Waals surface area contributed by atoms with Crippen LogP contribution in [0.5, 0.6) is 0 Å². The monoisotopic (exact) mass is 366 g/mol. The lowest BCUT2D eigenvalue weighted by Crippen LogP contribution is -2.29. The third kappa shape index (κ3) is 2.47. The normalized spacial score (nSPS) is 11.6. The van der Waals surface area contributed by atoms with Crippen molar-refractivity contribution in [1.82, 2.24) is 8.97 Å². The molecule has 0 N–H and O–H groups in total. The second-order valence-corrected chi connectivity index (χ2v) is 7.75. The molecular formula is C25H24N3+. The van der Waals surface area contributed by atoms with Gasteiger partial charge in [-0.2, -0.15) is 4.57 Å². The zero-order chi connectivity index (χ0) is 19.4. The standard InChI is InChI=1S/C25H24N3/c1-17-7-5-8-18(2)24(17)28-12-11-26(4)25(28)23-15-20-14-22-9-6-10-27(22)16-21(20)13-19(23)3/h5-16H,1-4H3/q+1. The summed E-state index contributed by atoms with van der Waals surface area (Å²) in [6, 6.07) is 17.6. The van der Waals surface area contributed by atoms with Gasteiger partial charge in [-0.25, -0.2) is 4.57 Å². The lowest BCUT2D eigenvalue weighted by atomic mass is 10.0. The highest BCUT2D eigenvalue weighted by molar-refractivity contribution is 5.90. The average Bonchev–Trinajstić information content (AvgIpc) is 3.26. The first-order valence-electron chi connectivity index (χ1n) is 9.68. The molecular weight excluding hydrogens is 342 g/mol. The molecule has 0 radical (unpaired) electrons. The maximum Gasteiger partial charge on any atom is 0.294 e. The number of hydrogen-bond acceptors (Lipinski definition) is 0. The third-order valence-corrected chi connectivity index (χ3v) is 5.75. The highest BCUT2D eigenvalue weighted by Crippen LogP contribution is 2.30. The van der Waals surface area contributed by atoms with Crippen LogP contribution >= 0.6 is 0 Å². The molecule has 0 unspecified atom stereocenters. The molecule has 0 aliphatic rings. The van der Waals surface area contributed by atoms with Gasteiger partial charge in [0.05, 0.1) is 12.6 Å². The topological polar surface area (TPSA) is 13.2 Å². The van der Waals surface area contributed by atoms with Gasteiger partial charge in [-0.1, -0.05) is 18.2 Å². The minimum absolute atomic E-state index is 1.20. The predicted octanol–water partition coefficient (Wildman–Crippen LogP) is 5.30. The summed E-state index contributed by atoms with van der Waals surface area (Å²) in [7, 11) is 2.12. The Balaban J connectivity index is 1.80. The second kappa shape index (κ2) is 6.10. The van der Waals surface area contributed by atoms with Crippen LogP contribution in [0, 0.1) is 20.8 Å². The van der Waals surface area contributed by atoms with Gasteiger partial charge >= 0.3 is 0 Å². The summed E-state index contributed by atoms with van der Waals surface area (Å²) in [4.78, 5) is 0. The minimum Gasteiger partial charge on any atom is -0.323 e. The Labute approximate surface area is 165 Å². The van der Waals surface area contributed by atoms with Crippen LogP contribution in [-0.4, -0.2) is 8.97 Å². The number of rotatable bonds is 2. The van der Waals surface area contributed by atoms with E-state index in [1.807, 2.05) is 0 Å². The number of para-hydroxylation sites is 1. The molecule has 0 fully saturated rings. The number of aryl methyl sites for hydroxylation is 4. The van der Waals surface area contributed by atoms with Crippen LogP contribution in [0.25, 0.3) is 33.4 Å². The molecule has 0 aliphatic carbocycles. The number of hydrogen-bond donors (Lipinski definition) is 0. The maximum absolute atomic E-state index is 2.33. The van der Waals surface area contributed by atoms with Crippen LogP contribution in [0.2, 0.25) is 0 Å². The smallest absolute Gasteiger partial charge is 0.294 e. The van der Waals surface area contributed by atoms with Gasteiger partial charge in [-0.3, -0.25) is 0 Å². The van der Waals surface area contributed by atoms with Crippen molar-refractivity contribution in [1.29, 1.82) is 0 Å². The van der Waals surface area contributed by atoms with Gasteiger partial charge < -0.3 is 4.40 Å². The van der Waals surface area contributed by atoms with E-state index in [2.05, 4.69) is 115 Å². The Morgan fingerprint density at radius 3 is 2.36 bits per heavy atom. The van der Waals surface area contributed by atoms with E-state index in [0.29, 0.717) is 0 Å². The zero-order valence-electron chi connectivity index (χ0n) is 16.8. The summed E-state index contributed by atoms with van der Waals surface area (Å²) in [6.45, 7) is 6.57. The van der Waals surface area contributed by atoms with Crippen molar-refractivity contribution in [3.63, 3.8) is 0 Å². The van der Waals surface area contributed by atoms with Crippen molar-refractivity contribution in [2.45, 2.75) is 20.8 Å². The van der Waals surface area contributed by atoms with Gasteiger partial charge in [0.15, 0.2) is 0 Å². The Hall–Kier alpha value is -3.33. The lowest BCUT2D eigenvalue weighted by molar-refractivity contribution is -0.659. The molecule has 0 aliphatic heterocycles. The highest BCUT2D eigenvalue weighted by Gasteiger charge is 2.23. The van der Waals surface area contributed by atoms with Crippen molar-refractivity contribution in [3.05, 3.63) is 90.0 Å². The van der Waals surface area contributed by atoms with Crippen molar-refractivity contribution in [2.24, 2.45) is 7.05 Å². The van der Waals surface area contributed by atoms with Crippen molar-refractivity contribution < 1.29 is 4.57 Å². The lowest BCUT2D eigenvalue weighted by Gasteiger charge is -2.11. The minimum atomic E-state index is 1.20. The first kappa shape index (κ1) is 16.8. The van der Waals surface area contributed by atoms with Crippen LogP contribution < -0.4 is 4.57 Å². The second-order valence-electron chi connectivity index (χ2n) is 7.75. The van der Waals surface area contributed by atoms with E-state index in [1.54, 1.807) is 0 Å². The van der Waals surface area contributed by atoms with Crippen LogP contribution in [0.15, 0.2) is 73.3 Å². The molecule has 3 aromatic heterocycles. The number of imidazole rings is 1. The van der Waals surface area contributed by atoms with Crippen molar-refractivity contribution >= 4 is 16.3 Å². The summed E-state index contributed by atoms with van der Waals surface area (Å²) in [5.41, 5.74) is 7.59. The fraction of sp³-hybridized carbons (Fsp3) is 0.160. The Kier molecular flexibility index (Phi) is 3.66. The molecule has 138 valence electrons. The summed E-state index contributed by atoms with van der Waals surface area (Å²) in [6.07, 6.45) is 8.63. The largest absolute Gasteiger partial charge is 0.323 e. The molecule has 0 saturated carbocycles. The molecule has 28 heavy (non-hydrogen) atoms. The van der Waals surface area contributed by atoms with Crippen molar-refractivity contribution in [3.8, 4) is 17.1 Å². The number of aromatic nitrogens is 3. The number of nitrogens with zero attached hydrogens (tertiary/aromatic N) is 3. The van der Waals surface area contributed by atoms with Gasteiger partial charge in [0.25, 0.3) is 5.82 Å². The van der Waals surface area contributed by atoms with Gasteiger partial charge in [-0.15, -0.1) is 0 Å². The SMILES string of the molecule is Cc1cc2cn3cccc3cc2cc1-c1n(-c2c(C)cccc2C)cc[n+]1C. The van der Waals surface area contributed by atoms with E-state index < -0.39 is 0 Å². The van der Waals surface area contributed by atoms with E-state index in [4.69, 9.17) is 0 Å². The fourth-order valence-corrected chi connectivity index (χ4v) is 4.34. The molecule has 0 saturated heterocycles. The van der Waals surface area contributed by atoms with Gasteiger partial charge in [0.2, 0.25) is 0 Å². The van der Waals surface area contributed by atoms with Crippen LogP contribution in [0.1, 0.15) is 16.7 Å². The van der Waals surface area contributed by atoms with Crippen molar-refractivity contribution in [2.75, 3.05) is 0 Å². The Morgan fingerprint density at radius 1 is 0.786 bits per heavy atom. The molecule has 3 heteroatoms. The summed E-state index contributed by atoms with van der Waals surface area (Å²) < 4.78 is 6.73. The van der Waals surface area contributed by atoms with E-state index >= 15 is 0 Å². The molecule has 0 spiro atoms. The van der Waals surface area contributed by atoms with Crippen LogP contribution in [0.4, 0.5) is 0 Å². The fourth-order valence-electron chi connectivity index (χ4n) is 4.34. The van der Waals surface area contributed by atoms with E-state index in [1.165, 1.54) is 50.1 Å². The van der Waals surface area contributed by atoms with Gasteiger partial charge in [0, 0.05) is 17.9 Å². The highest BCUT2D eigenvalue weighted by atomic mass is 15.1. The first-order valence-corrected chi connectivity index (χ1v) is 9.68. The molecule has 3 heterocycles. The van der Waals surface area contributed by atoms with Gasteiger partial charge in [0.1, 0.15) is 18.1 Å². The first-order chi connectivity index (χ1) is 13.5. The van der Waals surface area contributed by atoms with E-state index in [0.717, 1.165) is 0 Å². The molecule has 2 aromatic carbocycles. The molecule has 0 bridgehead atoms. The average molecular weight is 366 g/mol. The van der Waals surface area contributed by atoms with Crippen LogP contribution in [-0.2, 0) is 7.05 Å². The van der Waals surface area contributed by atoms with E-state index in [9.17, 15) is 0 Å². The zero-order valence-corrected chi connectivity index (χ0v) is 16.8. The summed E-state index contributed by atoms with van der Waals surface area (Å²) >= 11 is 0.